The van der Waals surface area contributed by atoms with Crippen molar-refractivity contribution in [2.45, 2.75) is 0 Å². The fraction of sp³-hybridized carbons (Fsp3) is 0. The van der Waals surface area contributed by atoms with Gasteiger partial charge in [0.2, 0.25) is 0 Å². The van der Waals surface area contributed by atoms with E-state index in [1.165, 1.54) is 24.3 Å². The van der Waals surface area contributed by atoms with Crippen molar-refractivity contribution in [2.24, 2.45) is 0 Å². The van der Waals surface area contributed by atoms with E-state index in [4.69, 9.17) is 23.3 Å². The molecule has 8 aromatic carbocycles. The molecule has 0 unspecified atom stereocenters. The fourth-order valence-electron chi connectivity index (χ4n) is 5.71. The third-order valence-electron chi connectivity index (χ3n) is 7.70. The zero-order valence-corrected chi connectivity index (χ0v) is 24.0. The van der Waals surface area contributed by atoms with Gasteiger partial charge in [-0.05, 0) is 85.2 Å². The molecule has 0 aliphatic heterocycles. The molecule has 0 amide bonds. The molecule has 2 nitrogen and oxygen atoms in total. The normalized spacial score (nSPS) is 18.0. The first-order chi connectivity index (χ1) is 32.5. The van der Waals surface area contributed by atoms with Crippen LogP contribution in [0.2, 0.25) is 0 Å². The molecule has 0 aliphatic rings. The van der Waals surface area contributed by atoms with Crippen LogP contribution in [-0.2, 0) is 0 Å². The molecule has 0 bridgehead atoms. The van der Waals surface area contributed by atoms with Crippen LogP contribution in [0, 0.1) is 0 Å². The minimum Gasteiger partial charge on any atom is -0.292 e. The molecule has 2 heteroatoms. The van der Waals surface area contributed by atoms with Gasteiger partial charge in [0, 0.05) is 11.3 Å². The zero-order chi connectivity index (χ0) is 50.3. The average Bonchev–Trinajstić information content (AvgIpc) is 3.72. The molecule has 0 fully saturated rings. The van der Waals surface area contributed by atoms with Crippen molar-refractivity contribution < 1.29 is 30.2 Å². The second-order valence-corrected chi connectivity index (χ2v) is 10.3. The largest absolute Gasteiger partial charge is 0.292 e. The van der Waals surface area contributed by atoms with Gasteiger partial charge in [-0.3, -0.25) is 4.57 Å². The highest BCUT2D eigenvalue weighted by Gasteiger charge is 2.18. The summed E-state index contributed by atoms with van der Waals surface area (Å²) in [7, 11) is 0. The summed E-state index contributed by atoms with van der Waals surface area (Å²) < 4.78 is 196. The van der Waals surface area contributed by atoms with E-state index in [0.717, 1.165) is 0 Å². The van der Waals surface area contributed by atoms with Crippen molar-refractivity contribution in [1.29, 1.82) is 0 Å². The number of imidazole rings is 1. The molecule has 0 radical (unpaired) electrons. The van der Waals surface area contributed by atoms with Gasteiger partial charge in [0.25, 0.3) is 0 Å². The maximum absolute atomic E-state index is 9.97. The molecule has 9 aromatic rings. The number of aromatic nitrogens is 2. The molecular formula is C45H30N2. The highest BCUT2D eigenvalue weighted by molar-refractivity contribution is 6.21. The van der Waals surface area contributed by atoms with Gasteiger partial charge in [0.1, 0.15) is 5.82 Å². The molecule has 0 spiro atoms. The quantitative estimate of drug-likeness (QED) is 0.175. The van der Waals surface area contributed by atoms with E-state index in [2.05, 4.69) is 4.98 Å². The number of benzene rings is 8. The maximum Gasteiger partial charge on any atom is 0.145 e. The van der Waals surface area contributed by atoms with Crippen LogP contribution in [0.25, 0.3) is 83.0 Å². The molecule has 0 saturated carbocycles. The van der Waals surface area contributed by atoms with Crippen LogP contribution in [0.3, 0.4) is 0 Å². The Kier molecular flexibility index (Phi) is 3.09. The Labute approximate surface area is 304 Å². The summed E-state index contributed by atoms with van der Waals surface area (Å²) in [5, 5.41) is -2.18. The Morgan fingerprint density at radius 2 is 0.957 bits per heavy atom. The van der Waals surface area contributed by atoms with E-state index in [1.807, 2.05) is 0 Å². The van der Waals surface area contributed by atoms with Crippen molar-refractivity contribution in [3.63, 3.8) is 0 Å². The fourth-order valence-corrected chi connectivity index (χ4v) is 5.71. The van der Waals surface area contributed by atoms with Crippen molar-refractivity contribution in [3.05, 3.63) is 181 Å². The summed E-state index contributed by atoms with van der Waals surface area (Å²) in [4.78, 5) is 4.66. The first-order valence-electron chi connectivity index (χ1n) is 25.3. The van der Waals surface area contributed by atoms with Gasteiger partial charge < -0.3 is 0 Å². The Hall–Kier alpha value is -6.25. The molecule has 47 heavy (non-hydrogen) atoms. The van der Waals surface area contributed by atoms with Crippen molar-refractivity contribution in [3.8, 4) is 50.5 Å². The second-order valence-electron chi connectivity index (χ2n) is 10.3. The third-order valence-corrected chi connectivity index (χ3v) is 7.70. The molecule has 1 heterocycles. The lowest BCUT2D eigenvalue weighted by Crippen LogP contribution is -1.97. The van der Waals surface area contributed by atoms with Gasteiger partial charge in [0.15, 0.2) is 0 Å². The summed E-state index contributed by atoms with van der Waals surface area (Å²) in [6.07, 6.45) is 0. The summed E-state index contributed by atoms with van der Waals surface area (Å²) >= 11 is 0. The highest BCUT2D eigenvalue weighted by Crippen LogP contribution is 2.44. The lowest BCUT2D eigenvalue weighted by molar-refractivity contribution is 1.10. The standard InChI is InChI=1S/C45H30N2/c1-4-14-32(15-5-1)43-37-20-10-11-21-38(37)44(33-16-6-2-7-17-33)40-30-35(26-29-39(40)43)31-24-27-36(28-25-31)47-42-23-13-12-22-41(42)46-45(47)34-18-8-3-9-19-34/h1-30H/i1D,2D,3D,4D,5D,6D,7D,8D,9D,10D,11D,14D,15D,16D,17D,18D,19D,20D,21D,26D,29D,30D. The number of nitrogens with zero attached hydrogens (tertiary/aromatic N) is 2. The minimum atomic E-state index is -0.868. The van der Waals surface area contributed by atoms with Gasteiger partial charge in [-0.2, -0.15) is 0 Å². The van der Waals surface area contributed by atoms with Gasteiger partial charge in [0.05, 0.1) is 41.2 Å². The highest BCUT2D eigenvalue weighted by atomic mass is 15.1. The average molecular weight is 621 g/mol. The van der Waals surface area contributed by atoms with Crippen LogP contribution < -0.4 is 0 Å². The molecule has 0 aliphatic carbocycles. The SMILES string of the molecule is [2H]c1c([2H])c([2H])c(-c2c3c([2H])c([2H])c([2H])c([2H])c3c(-c3c([2H])c([2H])c([2H])c([2H])c3[2H])c3c([2H])c(-c4ccc(-n5c(-c6c([2H])c([2H])c([2H])c([2H])c6[2H])nc6ccccc65)cc4)c([2H])c([2H])c23)c([2H])c1[2H]. The predicted octanol–water partition coefficient (Wildman–Crippen LogP) is 12.0. The lowest BCUT2D eigenvalue weighted by Gasteiger charge is -2.19. The van der Waals surface area contributed by atoms with Crippen LogP contribution in [0.15, 0.2) is 181 Å². The number of fused-ring (bicyclic) bond motifs is 3. The van der Waals surface area contributed by atoms with Crippen LogP contribution in [-0.4, -0.2) is 9.55 Å². The van der Waals surface area contributed by atoms with E-state index in [1.54, 1.807) is 28.8 Å². The maximum atomic E-state index is 9.97. The van der Waals surface area contributed by atoms with Gasteiger partial charge in [-0.1, -0.05) is 151 Å². The van der Waals surface area contributed by atoms with Crippen LogP contribution in [0.4, 0.5) is 0 Å². The van der Waals surface area contributed by atoms with Crippen LogP contribution >= 0.6 is 0 Å². The molecular weight excluding hydrogens is 569 g/mol. The van der Waals surface area contributed by atoms with E-state index in [0.29, 0.717) is 16.7 Å². The van der Waals surface area contributed by atoms with Crippen LogP contribution in [0.1, 0.15) is 30.2 Å². The van der Waals surface area contributed by atoms with E-state index in [-0.39, 0.29) is 22.5 Å². The first kappa shape index (κ1) is 12.9. The van der Waals surface area contributed by atoms with Crippen molar-refractivity contribution >= 4 is 32.6 Å². The van der Waals surface area contributed by atoms with E-state index < -0.39 is 177 Å². The Bertz CT molecular complexity index is 3720. The molecule has 9 rings (SSSR count). The van der Waals surface area contributed by atoms with Crippen LogP contribution in [0.5, 0.6) is 0 Å². The van der Waals surface area contributed by atoms with Gasteiger partial charge in [-0.25, -0.2) is 4.98 Å². The summed E-state index contributed by atoms with van der Waals surface area (Å²) in [5.74, 6) is -0.0117. The topological polar surface area (TPSA) is 17.8 Å². The Balaban J connectivity index is 1.46. The predicted molar refractivity (Wildman–Crippen MR) is 198 cm³/mol. The number of hydrogen-bond acceptors (Lipinski definition) is 1. The summed E-state index contributed by atoms with van der Waals surface area (Å²) in [6.45, 7) is 0. The molecule has 0 saturated heterocycles. The molecule has 1 aromatic heterocycles. The van der Waals surface area contributed by atoms with Gasteiger partial charge in [-0.15, -0.1) is 0 Å². The number of para-hydroxylation sites is 2. The zero-order valence-electron chi connectivity index (χ0n) is 46.0. The minimum absolute atomic E-state index is 0.0117. The van der Waals surface area contributed by atoms with Gasteiger partial charge >= 0.3 is 0 Å². The molecule has 220 valence electrons. The third kappa shape index (κ3) is 4.62. The smallest absolute Gasteiger partial charge is 0.145 e. The monoisotopic (exact) mass is 620 g/mol. The second kappa shape index (κ2) is 11.3. The molecule has 0 N–H and O–H groups in total. The van der Waals surface area contributed by atoms with Crippen molar-refractivity contribution in [2.75, 3.05) is 0 Å². The Morgan fingerprint density at radius 1 is 0.426 bits per heavy atom. The number of rotatable bonds is 5. The lowest BCUT2D eigenvalue weighted by atomic mass is 9.85. The Morgan fingerprint density at radius 3 is 1.60 bits per heavy atom. The van der Waals surface area contributed by atoms with E-state index in [9.17, 15) is 6.85 Å². The number of hydrogen-bond donors (Lipinski definition) is 0. The van der Waals surface area contributed by atoms with E-state index >= 15 is 0 Å². The molecule has 0 atom stereocenters. The van der Waals surface area contributed by atoms with Crippen molar-refractivity contribution in [1.82, 2.24) is 9.55 Å². The first-order valence-corrected chi connectivity index (χ1v) is 14.3. The summed E-state index contributed by atoms with van der Waals surface area (Å²) in [5.41, 5.74) is -1.63. The summed E-state index contributed by atoms with van der Waals surface area (Å²) in [6, 6.07) is -4.20.